The molecule has 14 heavy (non-hydrogen) atoms. The smallest absolute Gasteiger partial charge is 0.0405 e. The third-order valence-corrected chi connectivity index (χ3v) is 3.25. The SMILES string of the molecule is CCCN(C)c1ccc(Br)cc1CBr. The van der Waals surface area contributed by atoms with Crippen molar-refractivity contribution in [3.63, 3.8) is 0 Å². The number of alkyl halides is 1. The minimum atomic E-state index is 0.899. The summed E-state index contributed by atoms with van der Waals surface area (Å²) < 4.78 is 1.14. The highest BCUT2D eigenvalue weighted by Crippen LogP contribution is 2.25. The zero-order valence-corrected chi connectivity index (χ0v) is 11.7. The molecule has 0 N–H and O–H groups in total. The molecule has 0 radical (unpaired) electrons. The van der Waals surface area contributed by atoms with Gasteiger partial charge in [-0.05, 0) is 30.2 Å². The molecule has 0 heterocycles. The lowest BCUT2D eigenvalue weighted by Gasteiger charge is -2.21. The first kappa shape index (κ1) is 12.1. The summed E-state index contributed by atoms with van der Waals surface area (Å²) in [5.74, 6) is 0. The number of benzene rings is 1. The van der Waals surface area contributed by atoms with Crippen LogP contribution in [0.2, 0.25) is 0 Å². The topological polar surface area (TPSA) is 3.24 Å². The van der Waals surface area contributed by atoms with Crippen LogP contribution in [0.1, 0.15) is 18.9 Å². The highest BCUT2D eigenvalue weighted by Gasteiger charge is 2.05. The molecule has 0 saturated heterocycles. The quantitative estimate of drug-likeness (QED) is 0.752. The number of halogens is 2. The van der Waals surface area contributed by atoms with Crippen LogP contribution in [-0.2, 0) is 5.33 Å². The van der Waals surface area contributed by atoms with Crippen molar-refractivity contribution in [2.45, 2.75) is 18.7 Å². The van der Waals surface area contributed by atoms with Gasteiger partial charge < -0.3 is 4.90 Å². The lowest BCUT2D eigenvalue weighted by atomic mass is 10.2. The molecule has 1 aromatic rings. The van der Waals surface area contributed by atoms with Crippen molar-refractivity contribution in [2.75, 3.05) is 18.5 Å². The first-order valence-electron chi connectivity index (χ1n) is 4.74. The maximum atomic E-state index is 3.51. The number of anilines is 1. The van der Waals surface area contributed by atoms with Crippen LogP contribution in [0.15, 0.2) is 22.7 Å². The molecular weight excluding hydrogens is 306 g/mol. The zero-order chi connectivity index (χ0) is 10.6. The van der Waals surface area contributed by atoms with E-state index in [4.69, 9.17) is 0 Å². The molecule has 1 rings (SSSR count). The summed E-state index contributed by atoms with van der Waals surface area (Å²) in [7, 11) is 2.14. The Hall–Kier alpha value is -0.0200. The van der Waals surface area contributed by atoms with Gasteiger partial charge in [-0.3, -0.25) is 0 Å². The minimum absolute atomic E-state index is 0.899. The molecule has 0 spiro atoms. The summed E-state index contributed by atoms with van der Waals surface area (Å²) in [6, 6.07) is 6.42. The molecule has 0 bridgehead atoms. The Morgan fingerprint density at radius 2 is 2.07 bits per heavy atom. The van der Waals surface area contributed by atoms with Crippen molar-refractivity contribution < 1.29 is 0 Å². The number of rotatable bonds is 4. The van der Waals surface area contributed by atoms with Crippen molar-refractivity contribution in [2.24, 2.45) is 0 Å². The Labute approximate surface area is 103 Å². The van der Waals surface area contributed by atoms with E-state index < -0.39 is 0 Å². The van der Waals surface area contributed by atoms with Crippen LogP contribution in [0.3, 0.4) is 0 Å². The average molecular weight is 321 g/mol. The number of nitrogens with zero attached hydrogens (tertiary/aromatic N) is 1. The second-order valence-corrected chi connectivity index (χ2v) is 4.80. The molecule has 0 atom stereocenters. The highest BCUT2D eigenvalue weighted by molar-refractivity contribution is 9.10. The minimum Gasteiger partial charge on any atom is -0.374 e. The Morgan fingerprint density at radius 1 is 1.36 bits per heavy atom. The predicted octanol–water partition coefficient (Wildman–Crippen LogP) is 4.19. The molecule has 3 heteroatoms. The summed E-state index contributed by atoms with van der Waals surface area (Å²) in [5.41, 5.74) is 2.64. The van der Waals surface area contributed by atoms with Gasteiger partial charge in [0, 0.05) is 29.1 Å². The Kier molecular flexibility index (Phi) is 4.96. The van der Waals surface area contributed by atoms with Crippen LogP contribution in [0.4, 0.5) is 5.69 Å². The number of hydrogen-bond acceptors (Lipinski definition) is 1. The molecule has 1 nitrogen and oxygen atoms in total. The van der Waals surface area contributed by atoms with Gasteiger partial charge >= 0.3 is 0 Å². The average Bonchev–Trinajstić information content (AvgIpc) is 2.17. The van der Waals surface area contributed by atoms with Crippen LogP contribution in [-0.4, -0.2) is 13.6 Å². The fraction of sp³-hybridized carbons (Fsp3) is 0.455. The molecule has 0 aliphatic carbocycles. The Bertz CT molecular complexity index is 299. The lowest BCUT2D eigenvalue weighted by Crippen LogP contribution is -2.18. The van der Waals surface area contributed by atoms with Gasteiger partial charge in [0.05, 0.1) is 0 Å². The van der Waals surface area contributed by atoms with Gasteiger partial charge in [-0.1, -0.05) is 38.8 Å². The standard InChI is InChI=1S/C11H15Br2N/c1-3-6-14(2)11-5-4-10(13)7-9(11)8-12/h4-5,7H,3,6,8H2,1-2H3. The molecule has 1 aromatic carbocycles. The van der Waals surface area contributed by atoms with Gasteiger partial charge in [0.15, 0.2) is 0 Å². The lowest BCUT2D eigenvalue weighted by molar-refractivity contribution is 0.848. The molecule has 0 aromatic heterocycles. The molecular formula is C11H15Br2N. The second-order valence-electron chi connectivity index (χ2n) is 3.33. The molecule has 0 aliphatic heterocycles. The fourth-order valence-electron chi connectivity index (χ4n) is 1.49. The maximum absolute atomic E-state index is 3.51. The molecule has 78 valence electrons. The fourth-order valence-corrected chi connectivity index (χ4v) is 2.35. The third kappa shape index (κ3) is 2.99. The first-order chi connectivity index (χ1) is 6.69. The zero-order valence-electron chi connectivity index (χ0n) is 8.56. The predicted molar refractivity (Wildman–Crippen MR) is 70.3 cm³/mol. The van der Waals surface area contributed by atoms with E-state index in [2.05, 4.69) is 68.9 Å². The Balaban J connectivity index is 2.95. The van der Waals surface area contributed by atoms with Crippen LogP contribution in [0, 0.1) is 0 Å². The van der Waals surface area contributed by atoms with Gasteiger partial charge in [0.25, 0.3) is 0 Å². The second kappa shape index (κ2) is 5.76. The van der Waals surface area contributed by atoms with Crippen molar-refractivity contribution in [3.8, 4) is 0 Å². The van der Waals surface area contributed by atoms with Crippen LogP contribution in [0.25, 0.3) is 0 Å². The summed E-state index contributed by atoms with van der Waals surface area (Å²) in [6.07, 6.45) is 1.17. The van der Waals surface area contributed by atoms with E-state index in [0.717, 1.165) is 16.3 Å². The van der Waals surface area contributed by atoms with Crippen LogP contribution in [0.5, 0.6) is 0 Å². The molecule has 0 amide bonds. The number of hydrogen-bond donors (Lipinski definition) is 0. The van der Waals surface area contributed by atoms with Crippen molar-refractivity contribution >= 4 is 37.5 Å². The van der Waals surface area contributed by atoms with E-state index in [0.29, 0.717) is 0 Å². The normalized spacial score (nSPS) is 10.3. The molecule has 0 fully saturated rings. The molecule has 0 saturated carbocycles. The third-order valence-electron chi connectivity index (χ3n) is 2.16. The van der Waals surface area contributed by atoms with Crippen molar-refractivity contribution in [1.82, 2.24) is 0 Å². The van der Waals surface area contributed by atoms with Gasteiger partial charge in [0.2, 0.25) is 0 Å². The van der Waals surface area contributed by atoms with E-state index in [1.54, 1.807) is 0 Å². The van der Waals surface area contributed by atoms with Gasteiger partial charge in [-0.15, -0.1) is 0 Å². The van der Waals surface area contributed by atoms with Crippen LogP contribution >= 0.6 is 31.9 Å². The van der Waals surface area contributed by atoms with Crippen molar-refractivity contribution in [3.05, 3.63) is 28.2 Å². The van der Waals surface area contributed by atoms with Gasteiger partial charge in [-0.25, -0.2) is 0 Å². The van der Waals surface area contributed by atoms with E-state index in [-0.39, 0.29) is 0 Å². The van der Waals surface area contributed by atoms with E-state index in [9.17, 15) is 0 Å². The largest absolute Gasteiger partial charge is 0.374 e. The Morgan fingerprint density at radius 3 is 2.64 bits per heavy atom. The first-order valence-corrected chi connectivity index (χ1v) is 6.66. The van der Waals surface area contributed by atoms with Crippen molar-refractivity contribution in [1.29, 1.82) is 0 Å². The summed E-state index contributed by atoms with van der Waals surface area (Å²) in [6.45, 7) is 3.30. The highest BCUT2D eigenvalue weighted by atomic mass is 79.9. The van der Waals surface area contributed by atoms with Crippen LogP contribution < -0.4 is 4.90 Å². The van der Waals surface area contributed by atoms with E-state index in [1.165, 1.54) is 17.7 Å². The maximum Gasteiger partial charge on any atom is 0.0405 e. The monoisotopic (exact) mass is 319 g/mol. The van der Waals surface area contributed by atoms with Gasteiger partial charge in [-0.2, -0.15) is 0 Å². The van der Waals surface area contributed by atoms with Gasteiger partial charge in [0.1, 0.15) is 0 Å². The molecule has 0 unspecified atom stereocenters. The summed E-state index contributed by atoms with van der Waals surface area (Å²) in [4.78, 5) is 2.29. The summed E-state index contributed by atoms with van der Waals surface area (Å²) >= 11 is 7.00. The van der Waals surface area contributed by atoms with E-state index in [1.807, 2.05) is 0 Å². The molecule has 0 aliphatic rings. The van der Waals surface area contributed by atoms with E-state index >= 15 is 0 Å². The summed E-state index contributed by atoms with van der Waals surface area (Å²) in [5, 5.41) is 0.899.